The molecule has 1 aliphatic heterocycles. The van der Waals surface area contributed by atoms with Crippen LogP contribution in [-0.4, -0.2) is 76.1 Å². The molecule has 0 aromatic heterocycles. The van der Waals surface area contributed by atoms with Gasteiger partial charge in [0.15, 0.2) is 12.7 Å². The summed E-state index contributed by atoms with van der Waals surface area (Å²) in [6, 6.07) is 11.0. The van der Waals surface area contributed by atoms with Gasteiger partial charge >= 0.3 is 0 Å². The molecule has 0 spiro atoms. The molecule has 0 bridgehead atoms. The maximum atomic E-state index is 13.5. The van der Waals surface area contributed by atoms with E-state index < -0.39 is 35.5 Å². The Balaban J connectivity index is 1.74. The molecule has 0 radical (unpaired) electrons. The lowest BCUT2D eigenvalue weighted by atomic mass is 9.99. The van der Waals surface area contributed by atoms with E-state index in [1.54, 1.807) is 26.0 Å². The molecule has 216 valence electrons. The highest BCUT2D eigenvalue weighted by Crippen LogP contribution is 2.27. The zero-order valence-electron chi connectivity index (χ0n) is 23.5. The van der Waals surface area contributed by atoms with Crippen LogP contribution in [0.1, 0.15) is 37.5 Å². The summed E-state index contributed by atoms with van der Waals surface area (Å²) in [7, 11) is 0. The predicted molar refractivity (Wildman–Crippen MR) is 155 cm³/mol. The number of carbonyl (C=O) groups excluding carboxylic acids is 4. The van der Waals surface area contributed by atoms with Crippen molar-refractivity contribution in [1.29, 1.82) is 0 Å². The number of hydrogen-bond acceptors (Lipinski definition) is 7. The summed E-state index contributed by atoms with van der Waals surface area (Å²) < 4.78 is 5.79. The highest BCUT2D eigenvalue weighted by atomic mass is 32.2. The van der Waals surface area contributed by atoms with Crippen molar-refractivity contribution >= 4 is 41.6 Å². The van der Waals surface area contributed by atoms with E-state index in [4.69, 9.17) is 4.74 Å². The fourth-order valence-electron chi connectivity index (χ4n) is 4.50. The van der Waals surface area contributed by atoms with E-state index in [9.17, 15) is 24.3 Å². The Morgan fingerprint density at radius 3 is 2.40 bits per heavy atom. The van der Waals surface area contributed by atoms with E-state index in [1.807, 2.05) is 51.1 Å². The Morgan fingerprint density at radius 1 is 1.15 bits per heavy atom. The van der Waals surface area contributed by atoms with Gasteiger partial charge in [-0.1, -0.05) is 30.3 Å². The minimum atomic E-state index is -1.58. The van der Waals surface area contributed by atoms with Gasteiger partial charge in [-0.2, -0.15) is 0 Å². The van der Waals surface area contributed by atoms with Crippen LogP contribution >= 0.6 is 11.8 Å². The first-order valence-corrected chi connectivity index (χ1v) is 14.2. The topological polar surface area (TPSA) is 137 Å². The van der Waals surface area contributed by atoms with E-state index in [1.165, 1.54) is 16.7 Å². The standard InChI is InChI=1S/C29H38N4O6S/c1-18-11-21(30-16-34)12-19(2)26(18)39-14-24(35)31-22(13-20-9-7-6-8-10-20)25(36)28(38)33-17-40-15-23(33)27(37)32-29(3,4)5/h6-12,16,22-23,25,36H,13-15,17H2,1-5H3,(H,30,34)(H,31,35)(H,32,37)/t22-,23-,25-/m0/s1. The number of amides is 4. The number of ether oxygens (including phenoxy) is 1. The number of thioether (sulfide) groups is 1. The molecular formula is C29H38N4O6S. The van der Waals surface area contributed by atoms with Gasteiger partial charge < -0.3 is 30.7 Å². The van der Waals surface area contributed by atoms with E-state index in [0.717, 1.165) is 16.7 Å². The summed E-state index contributed by atoms with van der Waals surface area (Å²) in [5, 5.41) is 19.5. The number of aliphatic hydroxyl groups is 1. The third kappa shape index (κ3) is 8.46. The molecule has 1 heterocycles. The second-order valence-corrected chi connectivity index (χ2v) is 11.9. The number of nitrogens with one attached hydrogen (secondary N) is 3. The zero-order valence-corrected chi connectivity index (χ0v) is 24.3. The summed E-state index contributed by atoms with van der Waals surface area (Å²) in [6.07, 6.45) is -0.796. The average molecular weight is 571 g/mol. The molecule has 3 rings (SSSR count). The van der Waals surface area contributed by atoms with Crippen LogP contribution in [0, 0.1) is 13.8 Å². The van der Waals surface area contributed by atoms with Crippen molar-refractivity contribution in [2.75, 3.05) is 23.6 Å². The minimum Gasteiger partial charge on any atom is -0.483 e. The molecule has 1 saturated heterocycles. The number of anilines is 1. The molecule has 0 saturated carbocycles. The maximum Gasteiger partial charge on any atom is 0.258 e. The van der Waals surface area contributed by atoms with Gasteiger partial charge in [0, 0.05) is 17.0 Å². The molecule has 10 nitrogen and oxygen atoms in total. The van der Waals surface area contributed by atoms with Gasteiger partial charge in [0.2, 0.25) is 12.3 Å². The van der Waals surface area contributed by atoms with E-state index in [2.05, 4.69) is 16.0 Å². The molecule has 1 fully saturated rings. The van der Waals surface area contributed by atoms with Crippen LogP contribution in [-0.2, 0) is 25.6 Å². The smallest absolute Gasteiger partial charge is 0.258 e. The van der Waals surface area contributed by atoms with Gasteiger partial charge in [-0.05, 0) is 69.9 Å². The Kier molecular flexibility index (Phi) is 10.6. The van der Waals surface area contributed by atoms with E-state index in [-0.39, 0.29) is 24.8 Å². The Labute approximate surface area is 239 Å². The van der Waals surface area contributed by atoms with Gasteiger partial charge in [-0.15, -0.1) is 11.8 Å². The van der Waals surface area contributed by atoms with Crippen LogP contribution in [0.2, 0.25) is 0 Å². The maximum absolute atomic E-state index is 13.5. The van der Waals surface area contributed by atoms with E-state index >= 15 is 0 Å². The second kappa shape index (κ2) is 13.7. The van der Waals surface area contributed by atoms with Gasteiger partial charge in [-0.3, -0.25) is 19.2 Å². The lowest BCUT2D eigenvalue weighted by molar-refractivity contribution is -0.147. The Bertz CT molecular complexity index is 1190. The zero-order chi connectivity index (χ0) is 29.4. The number of benzene rings is 2. The highest BCUT2D eigenvalue weighted by Gasteiger charge is 2.40. The van der Waals surface area contributed by atoms with E-state index in [0.29, 0.717) is 23.6 Å². The molecule has 4 N–H and O–H groups in total. The van der Waals surface area contributed by atoms with Crippen molar-refractivity contribution in [2.24, 2.45) is 0 Å². The number of aryl methyl sites for hydroxylation is 2. The fraction of sp³-hybridized carbons (Fsp3) is 0.448. The largest absolute Gasteiger partial charge is 0.483 e. The van der Waals surface area contributed by atoms with Gasteiger partial charge in [0.25, 0.3) is 11.8 Å². The van der Waals surface area contributed by atoms with Crippen LogP contribution in [0.3, 0.4) is 0 Å². The van der Waals surface area contributed by atoms with Gasteiger partial charge in [-0.25, -0.2) is 0 Å². The minimum absolute atomic E-state index is 0.198. The van der Waals surface area contributed by atoms with Crippen molar-refractivity contribution in [3.05, 3.63) is 59.2 Å². The predicted octanol–water partition coefficient (Wildman–Crippen LogP) is 2.16. The van der Waals surface area contributed by atoms with Crippen molar-refractivity contribution in [3.63, 3.8) is 0 Å². The monoisotopic (exact) mass is 570 g/mol. The van der Waals surface area contributed by atoms with Crippen molar-refractivity contribution in [2.45, 2.75) is 64.8 Å². The molecule has 2 aromatic carbocycles. The normalized spacial score (nSPS) is 16.6. The lowest BCUT2D eigenvalue weighted by Crippen LogP contribution is -2.58. The summed E-state index contributed by atoms with van der Waals surface area (Å²) in [6.45, 7) is 8.85. The summed E-state index contributed by atoms with van der Waals surface area (Å²) in [5.74, 6) is -0.227. The summed E-state index contributed by atoms with van der Waals surface area (Å²) >= 11 is 1.43. The number of carbonyl (C=O) groups is 4. The first-order valence-electron chi connectivity index (χ1n) is 13.1. The molecule has 1 aliphatic rings. The third-order valence-corrected chi connectivity index (χ3v) is 7.29. The quantitative estimate of drug-likeness (QED) is 0.304. The van der Waals surface area contributed by atoms with Crippen LogP contribution < -0.4 is 20.7 Å². The number of aliphatic hydroxyl groups excluding tert-OH is 1. The molecule has 2 aromatic rings. The van der Waals surface area contributed by atoms with Crippen molar-refractivity contribution < 1.29 is 29.0 Å². The molecule has 40 heavy (non-hydrogen) atoms. The Morgan fingerprint density at radius 2 is 1.80 bits per heavy atom. The molecule has 11 heteroatoms. The molecular weight excluding hydrogens is 532 g/mol. The van der Waals surface area contributed by atoms with Crippen LogP contribution in [0.25, 0.3) is 0 Å². The first-order chi connectivity index (χ1) is 18.9. The number of rotatable bonds is 11. The summed E-state index contributed by atoms with van der Waals surface area (Å²) in [5.41, 5.74) is 2.44. The molecule has 0 aliphatic carbocycles. The number of nitrogens with zero attached hydrogens (tertiary/aromatic N) is 1. The molecule has 3 atom stereocenters. The van der Waals surface area contributed by atoms with Crippen molar-refractivity contribution in [3.8, 4) is 5.75 Å². The summed E-state index contributed by atoms with van der Waals surface area (Å²) in [4.78, 5) is 51.4. The lowest BCUT2D eigenvalue weighted by Gasteiger charge is -2.31. The third-order valence-electron chi connectivity index (χ3n) is 6.28. The fourth-order valence-corrected chi connectivity index (χ4v) is 5.66. The first kappa shape index (κ1) is 31.0. The highest BCUT2D eigenvalue weighted by molar-refractivity contribution is 7.99. The van der Waals surface area contributed by atoms with Gasteiger partial charge in [0.1, 0.15) is 11.8 Å². The molecule has 4 amide bonds. The van der Waals surface area contributed by atoms with Crippen LogP contribution in [0.5, 0.6) is 5.75 Å². The van der Waals surface area contributed by atoms with Gasteiger partial charge in [0.05, 0.1) is 11.9 Å². The second-order valence-electron chi connectivity index (χ2n) is 10.9. The van der Waals surface area contributed by atoms with Crippen LogP contribution in [0.15, 0.2) is 42.5 Å². The SMILES string of the molecule is Cc1cc(NC=O)cc(C)c1OCC(=O)N[C@@H](Cc1ccccc1)[C@H](O)C(=O)N1CSC[C@H]1C(=O)NC(C)(C)C. The molecule has 0 unspecified atom stereocenters. The van der Waals surface area contributed by atoms with Crippen LogP contribution in [0.4, 0.5) is 5.69 Å². The van der Waals surface area contributed by atoms with Crippen molar-refractivity contribution in [1.82, 2.24) is 15.5 Å². The Hall–Kier alpha value is -3.57. The number of hydrogen-bond donors (Lipinski definition) is 4. The average Bonchev–Trinajstić information content (AvgIpc) is 3.37.